The maximum absolute atomic E-state index is 5.96. The summed E-state index contributed by atoms with van der Waals surface area (Å²) >= 11 is 0. The first-order chi connectivity index (χ1) is 9.20. The molecular formula is C14H25N5. The highest BCUT2D eigenvalue weighted by Crippen LogP contribution is 2.25. The van der Waals surface area contributed by atoms with Crippen molar-refractivity contribution in [3.63, 3.8) is 0 Å². The molecule has 0 unspecified atom stereocenters. The molecule has 1 fully saturated rings. The molecular weight excluding hydrogens is 238 g/mol. The molecule has 3 N–H and O–H groups in total. The molecule has 0 bridgehead atoms. The van der Waals surface area contributed by atoms with Crippen LogP contribution in [0.1, 0.15) is 39.0 Å². The van der Waals surface area contributed by atoms with Crippen LogP contribution in [0.4, 0.5) is 11.6 Å². The molecule has 1 aromatic heterocycles. The van der Waals surface area contributed by atoms with Crippen molar-refractivity contribution in [2.24, 2.45) is 5.73 Å². The van der Waals surface area contributed by atoms with Crippen LogP contribution in [-0.4, -0.2) is 35.6 Å². The Morgan fingerprint density at radius 2 is 2.05 bits per heavy atom. The molecule has 1 heterocycles. The lowest BCUT2D eigenvalue weighted by Gasteiger charge is -2.34. The summed E-state index contributed by atoms with van der Waals surface area (Å²) in [7, 11) is 2.12. The third-order valence-electron chi connectivity index (χ3n) is 3.86. The Kier molecular flexibility index (Phi) is 4.96. The lowest BCUT2D eigenvalue weighted by molar-refractivity contribution is 0.384. The molecule has 0 atom stereocenters. The van der Waals surface area contributed by atoms with E-state index < -0.39 is 0 Å². The minimum Gasteiger partial charge on any atom is -0.370 e. The zero-order valence-corrected chi connectivity index (χ0v) is 12.0. The molecule has 1 aliphatic carbocycles. The van der Waals surface area contributed by atoms with Crippen LogP contribution in [-0.2, 0) is 0 Å². The number of nitrogens with zero attached hydrogens (tertiary/aromatic N) is 3. The molecule has 1 aromatic rings. The smallest absolute Gasteiger partial charge is 0.134 e. The van der Waals surface area contributed by atoms with Crippen LogP contribution >= 0.6 is 0 Å². The predicted octanol–water partition coefficient (Wildman–Crippen LogP) is 2.00. The predicted molar refractivity (Wildman–Crippen MR) is 79.4 cm³/mol. The van der Waals surface area contributed by atoms with E-state index in [-0.39, 0.29) is 0 Å². The summed E-state index contributed by atoms with van der Waals surface area (Å²) in [6, 6.07) is 2.97. The van der Waals surface area contributed by atoms with Gasteiger partial charge in [-0.25, -0.2) is 9.97 Å². The van der Waals surface area contributed by atoms with E-state index in [2.05, 4.69) is 34.2 Å². The van der Waals surface area contributed by atoms with Crippen molar-refractivity contribution in [2.45, 2.75) is 51.1 Å². The zero-order valence-electron chi connectivity index (χ0n) is 12.0. The Balaban J connectivity index is 1.99. The molecule has 0 spiro atoms. The van der Waals surface area contributed by atoms with Gasteiger partial charge in [-0.3, -0.25) is 0 Å². The van der Waals surface area contributed by atoms with Crippen molar-refractivity contribution in [1.82, 2.24) is 9.97 Å². The Bertz CT molecular complexity index is 387. The van der Waals surface area contributed by atoms with Crippen LogP contribution in [0.25, 0.3) is 0 Å². The summed E-state index contributed by atoms with van der Waals surface area (Å²) in [6.07, 6.45) is 7.26. The van der Waals surface area contributed by atoms with E-state index in [0.29, 0.717) is 12.1 Å². The third-order valence-corrected chi connectivity index (χ3v) is 3.86. The van der Waals surface area contributed by atoms with E-state index >= 15 is 0 Å². The monoisotopic (exact) mass is 263 g/mol. The third kappa shape index (κ3) is 3.80. The second-order valence-corrected chi connectivity index (χ2v) is 5.37. The second kappa shape index (κ2) is 6.70. The molecule has 1 saturated carbocycles. The van der Waals surface area contributed by atoms with Crippen LogP contribution in [0.3, 0.4) is 0 Å². The minimum atomic E-state index is 0.386. The normalized spacial score (nSPS) is 23.1. The average Bonchev–Trinajstić information content (AvgIpc) is 2.45. The fraction of sp³-hybridized carbons (Fsp3) is 0.714. The van der Waals surface area contributed by atoms with Crippen LogP contribution in [0.2, 0.25) is 0 Å². The Hall–Kier alpha value is -1.36. The van der Waals surface area contributed by atoms with Gasteiger partial charge in [0.25, 0.3) is 0 Å². The number of nitrogens with two attached hydrogens (primary N) is 1. The highest BCUT2D eigenvalue weighted by Gasteiger charge is 2.22. The molecule has 5 heteroatoms. The molecule has 19 heavy (non-hydrogen) atoms. The van der Waals surface area contributed by atoms with Crippen molar-refractivity contribution in [2.75, 3.05) is 23.8 Å². The fourth-order valence-corrected chi connectivity index (χ4v) is 2.57. The van der Waals surface area contributed by atoms with Crippen molar-refractivity contribution in [1.29, 1.82) is 0 Å². The topological polar surface area (TPSA) is 67.1 Å². The summed E-state index contributed by atoms with van der Waals surface area (Å²) in [5.41, 5.74) is 5.96. The van der Waals surface area contributed by atoms with Gasteiger partial charge >= 0.3 is 0 Å². The first-order valence-corrected chi connectivity index (χ1v) is 7.25. The van der Waals surface area contributed by atoms with Crippen molar-refractivity contribution >= 4 is 11.6 Å². The van der Waals surface area contributed by atoms with Crippen LogP contribution < -0.4 is 16.0 Å². The summed E-state index contributed by atoms with van der Waals surface area (Å²) in [4.78, 5) is 10.9. The van der Waals surface area contributed by atoms with E-state index in [1.165, 1.54) is 0 Å². The fourth-order valence-electron chi connectivity index (χ4n) is 2.57. The average molecular weight is 263 g/mol. The van der Waals surface area contributed by atoms with Crippen molar-refractivity contribution < 1.29 is 0 Å². The lowest BCUT2D eigenvalue weighted by Crippen LogP contribution is -2.39. The second-order valence-electron chi connectivity index (χ2n) is 5.37. The van der Waals surface area contributed by atoms with E-state index in [1.54, 1.807) is 6.33 Å². The Morgan fingerprint density at radius 3 is 2.74 bits per heavy atom. The number of hydrogen-bond acceptors (Lipinski definition) is 5. The number of rotatable bonds is 5. The molecule has 0 amide bonds. The van der Waals surface area contributed by atoms with Gasteiger partial charge in [0.2, 0.25) is 0 Å². The molecule has 0 radical (unpaired) electrons. The van der Waals surface area contributed by atoms with E-state index in [0.717, 1.165) is 50.3 Å². The van der Waals surface area contributed by atoms with Crippen LogP contribution in [0.5, 0.6) is 0 Å². The van der Waals surface area contributed by atoms with E-state index in [9.17, 15) is 0 Å². The van der Waals surface area contributed by atoms with Gasteiger partial charge in [0.1, 0.15) is 18.0 Å². The lowest BCUT2D eigenvalue weighted by atomic mass is 9.91. The standard InChI is InChI=1S/C14H25N5/c1-3-8-16-13-9-14(18-10-17-13)19(2)12-6-4-11(15)5-7-12/h9-12H,3-8,15H2,1-2H3,(H,16,17,18). The Labute approximate surface area is 115 Å². The molecule has 1 aliphatic rings. The quantitative estimate of drug-likeness (QED) is 0.850. The molecule has 5 nitrogen and oxygen atoms in total. The van der Waals surface area contributed by atoms with Gasteiger partial charge in [0.05, 0.1) is 0 Å². The Morgan fingerprint density at radius 1 is 1.32 bits per heavy atom. The summed E-state index contributed by atoms with van der Waals surface area (Å²) < 4.78 is 0. The minimum absolute atomic E-state index is 0.386. The van der Waals surface area contributed by atoms with Gasteiger partial charge < -0.3 is 16.0 Å². The number of aromatic nitrogens is 2. The highest BCUT2D eigenvalue weighted by atomic mass is 15.2. The molecule has 0 aromatic carbocycles. The van der Waals surface area contributed by atoms with Crippen LogP contribution in [0.15, 0.2) is 12.4 Å². The van der Waals surface area contributed by atoms with E-state index in [4.69, 9.17) is 5.73 Å². The number of nitrogens with one attached hydrogen (secondary N) is 1. The molecule has 0 saturated heterocycles. The van der Waals surface area contributed by atoms with Gasteiger partial charge in [-0.15, -0.1) is 0 Å². The zero-order chi connectivity index (χ0) is 13.7. The maximum atomic E-state index is 5.96. The van der Waals surface area contributed by atoms with Crippen molar-refractivity contribution in [3.05, 3.63) is 12.4 Å². The van der Waals surface area contributed by atoms with Gasteiger partial charge in [0, 0.05) is 31.7 Å². The van der Waals surface area contributed by atoms with Gasteiger partial charge in [-0.1, -0.05) is 6.92 Å². The largest absolute Gasteiger partial charge is 0.370 e. The van der Waals surface area contributed by atoms with Crippen molar-refractivity contribution in [3.8, 4) is 0 Å². The van der Waals surface area contributed by atoms with E-state index in [1.807, 2.05) is 6.07 Å². The van der Waals surface area contributed by atoms with Gasteiger partial charge in [0.15, 0.2) is 0 Å². The number of hydrogen-bond donors (Lipinski definition) is 2. The molecule has 0 aliphatic heterocycles. The van der Waals surface area contributed by atoms with Crippen LogP contribution in [0, 0.1) is 0 Å². The summed E-state index contributed by atoms with van der Waals surface area (Å²) in [5.74, 6) is 1.90. The first kappa shape index (κ1) is 14.1. The summed E-state index contributed by atoms with van der Waals surface area (Å²) in [6.45, 7) is 3.09. The molecule has 106 valence electrons. The van der Waals surface area contributed by atoms with Gasteiger partial charge in [-0.05, 0) is 32.1 Å². The first-order valence-electron chi connectivity index (χ1n) is 7.25. The summed E-state index contributed by atoms with van der Waals surface area (Å²) in [5, 5.41) is 3.30. The maximum Gasteiger partial charge on any atom is 0.134 e. The van der Waals surface area contributed by atoms with Gasteiger partial charge in [-0.2, -0.15) is 0 Å². The highest BCUT2D eigenvalue weighted by molar-refractivity contribution is 5.48. The molecule has 2 rings (SSSR count). The SMILES string of the molecule is CCCNc1cc(N(C)C2CCC(N)CC2)ncn1. The number of anilines is 2.